The van der Waals surface area contributed by atoms with Crippen molar-refractivity contribution in [3.8, 4) is 17.4 Å². The Bertz CT molecular complexity index is 1460. The summed E-state index contributed by atoms with van der Waals surface area (Å²) in [7, 11) is -2.70. The van der Waals surface area contributed by atoms with Crippen molar-refractivity contribution in [1.82, 2.24) is 14.5 Å². The Balaban J connectivity index is 1.59. The summed E-state index contributed by atoms with van der Waals surface area (Å²) in [6.07, 6.45) is -0.419. The molecule has 0 unspecified atom stereocenters. The first-order valence-electron chi connectivity index (χ1n) is 12.5. The lowest BCUT2D eigenvalue weighted by molar-refractivity contribution is -0.118. The Morgan fingerprint density at radius 3 is 2.41 bits per heavy atom. The number of carbonyl (C=O) groups excluding carboxylic acids is 1. The molecule has 1 aliphatic rings. The van der Waals surface area contributed by atoms with E-state index < -0.39 is 21.7 Å². The van der Waals surface area contributed by atoms with E-state index in [9.17, 15) is 17.6 Å². The molecule has 0 fully saturated rings. The number of aromatic nitrogens is 2. The van der Waals surface area contributed by atoms with Crippen LogP contribution in [-0.2, 0) is 32.5 Å². The Morgan fingerprint density at radius 2 is 1.82 bits per heavy atom. The van der Waals surface area contributed by atoms with Gasteiger partial charge in [0.25, 0.3) is 10.0 Å². The standard InChI is InChI=1S/C27H31ClFN3O6S/c1-15(2)20-8-18(38-17-6-7-24(29)23(28)10-17)9-21(16(3)4)22(20)11-25(33)31-39(34,35)26-12-27-32(30-26)13-19(36-5)14-37-27/h6-10,12,15-16,19H,11,13-14H2,1-5H3,(H,31,33)/t19-/m1/s1. The van der Waals surface area contributed by atoms with Gasteiger partial charge in [-0.05, 0) is 52.8 Å². The fourth-order valence-corrected chi connectivity index (χ4v) is 5.49. The molecule has 39 heavy (non-hydrogen) atoms. The number of fused-ring (bicyclic) bond motifs is 1. The molecule has 12 heteroatoms. The SMILES string of the molecule is CO[C@H]1COc2cc(S(=O)(=O)NC(=O)Cc3c(C(C)C)cc(Oc4ccc(F)c(Cl)c4)cc3C(C)C)nn2C1. The van der Waals surface area contributed by atoms with Crippen LogP contribution in [0.2, 0.25) is 5.02 Å². The van der Waals surface area contributed by atoms with Gasteiger partial charge in [0, 0.05) is 19.2 Å². The number of amides is 1. The maximum absolute atomic E-state index is 13.6. The lowest BCUT2D eigenvalue weighted by Gasteiger charge is -2.22. The third-order valence-corrected chi connectivity index (χ3v) is 7.91. The number of hydrogen-bond acceptors (Lipinski definition) is 7. The lowest BCUT2D eigenvalue weighted by atomic mass is 9.86. The minimum atomic E-state index is -4.24. The molecule has 1 aliphatic heterocycles. The molecule has 0 bridgehead atoms. The summed E-state index contributed by atoms with van der Waals surface area (Å²) in [6.45, 7) is 8.50. The van der Waals surface area contributed by atoms with E-state index in [4.69, 9.17) is 25.8 Å². The van der Waals surface area contributed by atoms with Crippen LogP contribution in [0, 0.1) is 5.82 Å². The van der Waals surface area contributed by atoms with Gasteiger partial charge in [0.05, 0.1) is 18.0 Å². The van der Waals surface area contributed by atoms with Crippen LogP contribution in [0.15, 0.2) is 41.4 Å². The molecule has 0 radical (unpaired) electrons. The predicted octanol–water partition coefficient (Wildman–Crippen LogP) is 5.17. The number of methoxy groups -OCH3 is 1. The number of hydrogen-bond donors (Lipinski definition) is 1. The maximum atomic E-state index is 13.6. The summed E-state index contributed by atoms with van der Waals surface area (Å²) < 4.78 is 59.9. The van der Waals surface area contributed by atoms with Crippen molar-refractivity contribution in [3.63, 3.8) is 0 Å². The van der Waals surface area contributed by atoms with Gasteiger partial charge in [-0.2, -0.15) is 13.5 Å². The molecule has 2 heterocycles. The van der Waals surface area contributed by atoms with Gasteiger partial charge in [0.1, 0.15) is 30.0 Å². The molecule has 0 spiro atoms. The zero-order valence-corrected chi connectivity index (χ0v) is 23.9. The summed E-state index contributed by atoms with van der Waals surface area (Å²) >= 11 is 5.90. The Kier molecular flexibility index (Phi) is 8.53. The highest BCUT2D eigenvalue weighted by Gasteiger charge is 2.28. The monoisotopic (exact) mass is 579 g/mol. The van der Waals surface area contributed by atoms with Gasteiger partial charge in [-0.3, -0.25) is 4.79 Å². The average molecular weight is 580 g/mol. The number of carbonyl (C=O) groups is 1. The average Bonchev–Trinajstić information content (AvgIpc) is 3.31. The van der Waals surface area contributed by atoms with Gasteiger partial charge in [-0.1, -0.05) is 39.3 Å². The van der Waals surface area contributed by atoms with E-state index >= 15 is 0 Å². The van der Waals surface area contributed by atoms with Gasteiger partial charge in [0.2, 0.25) is 16.8 Å². The Hall–Kier alpha value is -3.15. The van der Waals surface area contributed by atoms with Crippen LogP contribution in [0.5, 0.6) is 17.4 Å². The minimum absolute atomic E-state index is 0.00647. The van der Waals surface area contributed by atoms with Gasteiger partial charge >= 0.3 is 0 Å². The van der Waals surface area contributed by atoms with Gasteiger partial charge in [-0.15, -0.1) is 0 Å². The first kappa shape index (κ1) is 28.8. The summed E-state index contributed by atoms with van der Waals surface area (Å²) in [4.78, 5) is 13.1. The molecule has 210 valence electrons. The highest BCUT2D eigenvalue weighted by molar-refractivity contribution is 7.90. The van der Waals surface area contributed by atoms with Crippen LogP contribution in [-0.4, -0.2) is 43.9 Å². The van der Waals surface area contributed by atoms with Crippen LogP contribution >= 0.6 is 11.6 Å². The van der Waals surface area contributed by atoms with E-state index in [0.29, 0.717) is 29.5 Å². The smallest absolute Gasteiger partial charge is 0.283 e. The summed E-state index contributed by atoms with van der Waals surface area (Å²) in [5, 5.41) is 3.73. The van der Waals surface area contributed by atoms with E-state index in [2.05, 4.69) is 9.82 Å². The highest BCUT2D eigenvalue weighted by atomic mass is 35.5. The van der Waals surface area contributed by atoms with Crippen LogP contribution < -0.4 is 14.2 Å². The Labute approximate surface area is 232 Å². The topological polar surface area (TPSA) is 109 Å². The fourth-order valence-electron chi connectivity index (χ4n) is 4.38. The number of nitrogens with one attached hydrogen (secondary N) is 1. The number of nitrogens with zero attached hydrogens (tertiary/aromatic N) is 2. The molecule has 9 nitrogen and oxygen atoms in total. The molecule has 1 aromatic heterocycles. The highest BCUT2D eigenvalue weighted by Crippen LogP contribution is 2.35. The summed E-state index contributed by atoms with van der Waals surface area (Å²) in [6, 6.07) is 8.99. The van der Waals surface area contributed by atoms with E-state index in [1.807, 2.05) is 27.7 Å². The molecule has 1 N–H and O–H groups in total. The van der Waals surface area contributed by atoms with Crippen LogP contribution in [0.1, 0.15) is 56.2 Å². The van der Waals surface area contributed by atoms with Crippen LogP contribution in [0.25, 0.3) is 0 Å². The summed E-state index contributed by atoms with van der Waals surface area (Å²) in [5.41, 5.74) is 2.37. The number of sulfonamides is 1. The van der Waals surface area contributed by atoms with Crippen LogP contribution in [0.3, 0.4) is 0 Å². The van der Waals surface area contributed by atoms with Crippen molar-refractivity contribution in [2.45, 2.75) is 63.6 Å². The minimum Gasteiger partial charge on any atom is -0.475 e. The zero-order chi connectivity index (χ0) is 28.5. The predicted molar refractivity (Wildman–Crippen MR) is 144 cm³/mol. The first-order valence-corrected chi connectivity index (χ1v) is 14.3. The molecule has 3 aromatic rings. The molecule has 1 atom stereocenters. The van der Waals surface area contributed by atoms with Crippen LogP contribution in [0.4, 0.5) is 4.39 Å². The number of rotatable bonds is 9. The Morgan fingerprint density at radius 1 is 1.15 bits per heavy atom. The largest absolute Gasteiger partial charge is 0.475 e. The normalized spacial score (nSPS) is 15.3. The van der Waals surface area contributed by atoms with Crippen molar-refractivity contribution >= 4 is 27.5 Å². The van der Waals surface area contributed by atoms with Gasteiger partial charge in [0.15, 0.2) is 0 Å². The lowest BCUT2D eigenvalue weighted by Crippen LogP contribution is -2.33. The third kappa shape index (κ3) is 6.54. The van der Waals surface area contributed by atoms with Crippen molar-refractivity contribution < 1.29 is 31.8 Å². The molecule has 0 saturated heterocycles. The number of ether oxygens (including phenoxy) is 3. The molecule has 0 aliphatic carbocycles. The van der Waals surface area contributed by atoms with E-state index in [0.717, 1.165) is 11.1 Å². The second kappa shape index (κ2) is 11.5. The van der Waals surface area contributed by atoms with Gasteiger partial charge < -0.3 is 14.2 Å². The fraction of sp³-hybridized carbons (Fsp3) is 0.407. The number of benzene rings is 2. The molecule has 0 saturated carbocycles. The van der Waals surface area contributed by atoms with Crippen molar-refractivity contribution in [3.05, 3.63) is 63.9 Å². The van der Waals surface area contributed by atoms with Crippen molar-refractivity contribution in [1.29, 1.82) is 0 Å². The molecular weight excluding hydrogens is 549 g/mol. The quantitative estimate of drug-likeness (QED) is 0.372. The maximum Gasteiger partial charge on any atom is 0.283 e. The number of halogens is 2. The van der Waals surface area contributed by atoms with E-state index in [-0.39, 0.29) is 41.0 Å². The first-order chi connectivity index (χ1) is 18.4. The van der Waals surface area contributed by atoms with Crippen molar-refractivity contribution in [2.75, 3.05) is 13.7 Å². The summed E-state index contributed by atoms with van der Waals surface area (Å²) in [5.74, 6) is -0.0990. The molecule has 2 aromatic carbocycles. The van der Waals surface area contributed by atoms with Gasteiger partial charge in [-0.25, -0.2) is 13.8 Å². The molecular formula is C27H31ClFN3O6S. The zero-order valence-electron chi connectivity index (χ0n) is 22.3. The second-order valence-electron chi connectivity index (χ2n) is 9.94. The second-order valence-corrected chi connectivity index (χ2v) is 12.0. The van der Waals surface area contributed by atoms with E-state index in [1.54, 1.807) is 12.1 Å². The molecule has 1 amide bonds. The van der Waals surface area contributed by atoms with E-state index in [1.165, 1.54) is 36.1 Å². The van der Waals surface area contributed by atoms with Crippen molar-refractivity contribution in [2.24, 2.45) is 0 Å². The molecule has 4 rings (SSSR count). The third-order valence-electron chi connectivity index (χ3n) is 6.37.